The van der Waals surface area contributed by atoms with Crippen molar-refractivity contribution in [3.63, 3.8) is 0 Å². The quantitative estimate of drug-likeness (QED) is 0.610. The number of amides is 2. The van der Waals surface area contributed by atoms with Gasteiger partial charge in [-0.15, -0.1) is 10.2 Å². The summed E-state index contributed by atoms with van der Waals surface area (Å²) in [4.78, 5) is 31.9. The van der Waals surface area contributed by atoms with Crippen LogP contribution in [-0.4, -0.2) is 83.8 Å². The second-order valence-electron chi connectivity index (χ2n) is 9.99. The SMILES string of the molecule is Cc1ccc(-c2ccc(N3CCCN(C(=O)CN(C[C@@H]4CCCO4)C(=O)C4CC4)CC3)nn2)cc1. The molecule has 35 heavy (non-hydrogen) atoms. The fourth-order valence-electron chi connectivity index (χ4n) is 4.89. The van der Waals surface area contributed by atoms with Crippen LogP contribution < -0.4 is 4.90 Å². The van der Waals surface area contributed by atoms with E-state index in [0.717, 1.165) is 62.3 Å². The minimum atomic E-state index is 0.0275. The predicted molar refractivity (Wildman–Crippen MR) is 134 cm³/mol. The first-order valence-electron chi connectivity index (χ1n) is 12.9. The van der Waals surface area contributed by atoms with Gasteiger partial charge in [-0.1, -0.05) is 29.8 Å². The molecular formula is C27H35N5O3. The van der Waals surface area contributed by atoms with E-state index in [9.17, 15) is 9.59 Å². The fourth-order valence-corrected chi connectivity index (χ4v) is 4.89. The summed E-state index contributed by atoms with van der Waals surface area (Å²) in [5, 5.41) is 8.91. The molecule has 2 aliphatic heterocycles. The van der Waals surface area contributed by atoms with Crippen molar-refractivity contribution in [2.45, 2.75) is 45.1 Å². The fraction of sp³-hybridized carbons (Fsp3) is 0.556. The molecule has 3 heterocycles. The van der Waals surface area contributed by atoms with Gasteiger partial charge < -0.3 is 19.4 Å². The molecule has 1 aromatic heterocycles. The maximum Gasteiger partial charge on any atom is 0.242 e. The van der Waals surface area contributed by atoms with Crippen molar-refractivity contribution in [1.29, 1.82) is 0 Å². The molecule has 1 aromatic carbocycles. The molecule has 2 amide bonds. The van der Waals surface area contributed by atoms with Crippen molar-refractivity contribution in [2.75, 3.05) is 50.8 Å². The lowest BCUT2D eigenvalue weighted by molar-refractivity contribution is -0.142. The van der Waals surface area contributed by atoms with E-state index in [1.807, 2.05) is 17.0 Å². The normalized spacial score (nSPS) is 20.5. The van der Waals surface area contributed by atoms with Gasteiger partial charge in [0.25, 0.3) is 0 Å². The second-order valence-corrected chi connectivity index (χ2v) is 9.99. The first kappa shape index (κ1) is 23.7. The third kappa shape index (κ3) is 5.99. The van der Waals surface area contributed by atoms with Crippen LogP contribution in [0.2, 0.25) is 0 Å². The molecule has 5 rings (SSSR count). The first-order valence-corrected chi connectivity index (χ1v) is 12.9. The van der Waals surface area contributed by atoms with Crippen molar-refractivity contribution < 1.29 is 14.3 Å². The lowest BCUT2D eigenvalue weighted by Crippen LogP contribution is -2.47. The largest absolute Gasteiger partial charge is 0.376 e. The van der Waals surface area contributed by atoms with Crippen LogP contribution in [0.3, 0.4) is 0 Å². The topological polar surface area (TPSA) is 78.9 Å². The van der Waals surface area contributed by atoms with Crippen LogP contribution in [0.25, 0.3) is 11.3 Å². The summed E-state index contributed by atoms with van der Waals surface area (Å²) in [6.45, 7) is 6.33. The van der Waals surface area contributed by atoms with Crippen LogP contribution in [0, 0.1) is 12.8 Å². The predicted octanol–water partition coefficient (Wildman–Crippen LogP) is 2.91. The molecule has 186 valence electrons. The van der Waals surface area contributed by atoms with E-state index >= 15 is 0 Å². The highest BCUT2D eigenvalue weighted by Crippen LogP contribution is 2.31. The minimum absolute atomic E-state index is 0.0275. The van der Waals surface area contributed by atoms with E-state index in [-0.39, 0.29) is 30.4 Å². The average molecular weight is 478 g/mol. The number of ether oxygens (including phenoxy) is 1. The minimum Gasteiger partial charge on any atom is -0.376 e. The van der Waals surface area contributed by atoms with E-state index < -0.39 is 0 Å². The van der Waals surface area contributed by atoms with Crippen molar-refractivity contribution >= 4 is 17.6 Å². The molecule has 2 saturated heterocycles. The molecular weight excluding hydrogens is 442 g/mol. The maximum absolute atomic E-state index is 13.2. The zero-order chi connectivity index (χ0) is 24.2. The summed E-state index contributed by atoms with van der Waals surface area (Å²) in [5.74, 6) is 1.08. The third-order valence-electron chi connectivity index (χ3n) is 7.18. The van der Waals surface area contributed by atoms with Crippen LogP contribution in [0.5, 0.6) is 0 Å². The Kier molecular flexibility index (Phi) is 7.27. The number of aryl methyl sites for hydroxylation is 1. The summed E-state index contributed by atoms with van der Waals surface area (Å²) >= 11 is 0. The molecule has 8 nitrogen and oxygen atoms in total. The maximum atomic E-state index is 13.2. The molecule has 0 unspecified atom stereocenters. The summed E-state index contributed by atoms with van der Waals surface area (Å²) < 4.78 is 5.75. The number of anilines is 1. The Morgan fingerprint density at radius 3 is 2.49 bits per heavy atom. The molecule has 1 aliphatic carbocycles. The molecule has 0 N–H and O–H groups in total. The third-order valence-corrected chi connectivity index (χ3v) is 7.18. The van der Waals surface area contributed by atoms with Gasteiger partial charge in [0.05, 0.1) is 18.3 Å². The van der Waals surface area contributed by atoms with Crippen LogP contribution >= 0.6 is 0 Å². The van der Waals surface area contributed by atoms with Gasteiger partial charge >= 0.3 is 0 Å². The molecule has 1 saturated carbocycles. The summed E-state index contributed by atoms with van der Waals surface area (Å²) in [7, 11) is 0. The number of rotatable bonds is 7. The number of benzene rings is 1. The van der Waals surface area contributed by atoms with Crippen LogP contribution in [0.1, 0.15) is 37.7 Å². The zero-order valence-corrected chi connectivity index (χ0v) is 20.6. The van der Waals surface area contributed by atoms with Crippen LogP contribution in [0.4, 0.5) is 5.82 Å². The molecule has 1 atom stereocenters. The van der Waals surface area contributed by atoms with Crippen molar-refractivity contribution in [1.82, 2.24) is 20.0 Å². The molecule has 0 radical (unpaired) electrons. The summed E-state index contributed by atoms with van der Waals surface area (Å²) in [5.41, 5.74) is 3.12. The van der Waals surface area contributed by atoms with Crippen LogP contribution in [-0.2, 0) is 14.3 Å². The molecule has 0 spiro atoms. The molecule has 3 aliphatic rings. The summed E-state index contributed by atoms with van der Waals surface area (Å²) in [6.07, 6.45) is 4.79. The molecule has 8 heteroatoms. The van der Waals surface area contributed by atoms with E-state index in [1.54, 1.807) is 4.90 Å². The van der Waals surface area contributed by atoms with Gasteiger partial charge in [-0.3, -0.25) is 9.59 Å². The monoisotopic (exact) mass is 477 g/mol. The van der Waals surface area contributed by atoms with Crippen molar-refractivity contribution in [3.8, 4) is 11.3 Å². The number of carbonyl (C=O) groups excluding carboxylic acids is 2. The van der Waals surface area contributed by atoms with E-state index in [0.29, 0.717) is 26.2 Å². The summed E-state index contributed by atoms with van der Waals surface area (Å²) in [6, 6.07) is 12.3. The Morgan fingerprint density at radius 1 is 0.971 bits per heavy atom. The lowest BCUT2D eigenvalue weighted by atomic mass is 10.1. The van der Waals surface area contributed by atoms with E-state index in [1.165, 1.54) is 5.56 Å². The Hall–Kier alpha value is -3.00. The van der Waals surface area contributed by atoms with Gasteiger partial charge in [0.1, 0.15) is 0 Å². The Labute approximate surface area is 207 Å². The molecule has 3 fully saturated rings. The van der Waals surface area contributed by atoms with Gasteiger partial charge in [0.15, 0.2) is 5.82 Å². The van der Waals surface area contributed by atoms with Crippen molar-refractivity contribution in [2.24, 2.45) is 5.92 Å². The van der Waals surface area contributed by atoms with Crippen LogP contribution in [0.15, 0.2) is 36.4 Å². The smallest absolute Gasteiger partial charge is 0.242 e. The van der Waals surface area contributed by atoms with Gasteiger partial charge in [0.2, 0.25) is 11.8 Å². The first-order chi connectivity index (χ1) is 17.1. The van der Waals surface area contributed by atoms with Gasteiger partial charge in [-0.2, -0.15) is 0 Å². The van der Waals surface area contributed by atoms with Gasteiger partial charge in [0, 0.05) is 50.8 Å². The number of hydrogen-bond donors (Lipinski definition) is 0. The van der Waals surface area contributed by atoms with Crippen molar-refractivity contribution in [3.05, 3.63) is 42.0 Å². The number of carbonyl (C=O) groups is 2. The highest BCUT2D eigenvalue weighted by molar-refractivity contribution is 5.87. The number of nitrogens with zero attached hydrogens (tertiary/aromatic N) is 5. The zero-order valence-electron chi connectivity index (χ0n) is 20.6. The molecule has 2 aromatic rings. The second kappa shape index (κ2) is 10.7. The highest BCUT2D eigenvalue weighted by Gasteiger charge is 2.36. The van der Waals surface area contributed by atoms with E-state index in [4.69, 9.17) is 4.74 Å². The van der Waals surface area contributed by atoms with Gasteiger partial charge in [-0.05, 0) is 51.2 Å². The Morgan fingerprint density at radius 2 is 1.80 bits per heavy atom. The Bertz CT molecular complexity index is 1020. The van der Waals surface area contributed by atoms with Gasteiger partial charge in [-0.25, -0.2) is 0 Å². The average Bonchev–Trinajstić information content (AvgIpc) is 3.65. The number of hydrogen-bond acceptors (Lipinski definition) is 6. The lowest BCUT2D eigenvalue weighted by Gasteiger charge is -2.28. The highest BCUT2D eigenvalue weighted by atomic mass is 16.5. The molecule has 0 bridgehead atoms. The standard InChI is InChI=1S/C27H35N5O3/c1-20-5-7-21(8-6-20)24-11-12-25(29-28-24)30-13-3-14-31(16-15-30)26(33)19-32(27(34)22-9-10-22)18-23-4-2-17-35-23/h5-8,11-12,22-23H,2-4,9-10,13-19H2,1H3/t23-/m0/s1. The number of aromatic nitrogens is 2. The van der Waals surface area contributed by atoms with E-state index in [2.05, 4.69) is 46.3 Å². The Balaban J connectivity index is 1.18.